The van der Waals surface area contributed by atoms with Gasteiger partial charge in [0.1, 0.15) is 6.04 Å². The summed E-state index contributed by atoms with van der Waals surface area (Å²) in [7, 11) is 0. The van der Waals surface area contributed by atoms with Crippen LogP contribution in [0.2, 0.25) is 0 Å². The first kappa shape index (κ1) is 14.5. The van der Waals surface area contributed by atoms with Crippen molar-refractivity contribution in [3.63, 3.8) is 0 Å². The minimum absolute atomic E-state index is 0.0696. The Morgan fingerprint density at radius 2 is 2.14 bits per heavy atom. The third kappa shape index (κ3) is 2.22. The molecule has 3 amide bonds. The monoisotopic (exact) mass is 306 g/mol. The molecule has 1 aromatic rings. The number of ether oxygens (including phenoxy) is 1. The molecule has 0 radical (unpaired) electrons. The highest BCUT2D eigenvalue weighted by Gasteiger charge is 2.41. The topological polar surface area (TPSA) is 75.7 Å². The van der Waals surface area contributed by atoms with Gasteiger partial charge in [0.05, 0.1) is 12.2 Å². The number of amides is 3. The van der Waals surface area contributed by atoms with Crippen LogP contribution in [0, 0.1) is 5.82 Å². The molecule has 1 fully saturated rings. The maximum atomic E-state index is 13.9. The van der Waals surface area contributed by atoms with Gasteiger partial charge in [-0.25, -0.2) is 4.39 Å². The number of hydrogen-bond donors (Lipinski definition) is 1. The summed E-state index contributed by atoms with van der Waals surface area (Å²) in [5.41, 5.74) is 0.797. The lowest BCUT2D eigenvalue weighted by Gasteiger charge is -2.29. The Morgan fingerprint density at radius 1 is 1.36 bits per heavy atom. The van der Waals surface area contributed by atoms with E-state index >= 15 is 0 Å². The summed E-state index contributed by atoms with van der Waals surface area (Å²) in [5.74, 6) is -1.94. The van der Waals surface area contributed by atoms with E-state index in [-0.39, 0.29) is 43.2 Å². The summed E-state index contributed by atoms with van der Waals surface area (Å²) in [6.45, 7) is 2.15. The largest absolute Gasteiger partial charge is 0.490 e. The van der Waals surface area contributed by atoms with Crippen molar-refractivity contribution in [2.24, 2.45) is 0 Å². The number of benzene rings is 1. The molecule has 7 heteroatoms. The second-order valence-electron chi connectivity index (χ2n) is 5.24. The van der Waals surface area contributed by atoms with Gasteiger partial charge < -0.3 is 9.64 Å². The minimum Gasteiger partial charge on any atom is -0.490 e. The van der Waals surface area contributed by atoms with Crippen LogP contribution in [0.3, 0.4) is 0 Å². The highest BCUT2D eigenvalue weighted by atomic mass is 19.1. The Labute approximate surface area is 126 Å². The van der Waals surface area contributed by atoms with E-state index in [1.165, 1.54) is 17.0 Å². The molecule has 0 aliphatic carbocycles. The molecule has 0 spiro atoms. The van der Waals surface area contributed by atoms with Crippen molar-refractivity contribution in [1.29, 1.82) is 0 Å². The van der Waals surface area contributed by atoms with Crippen LogP contribution in [0.15, 0.2) is 12.1 Å². The fourth-order valence-corrected chi connectivity index (χ4v) is 2.88. The number of piperidine rings is 1. The number of carbonyl (C=O) groups excluding carboxylic acids is 3. The van der Waals surface area contributed by atoms with Gasteiger partial charge >= 0.3 is 0 Å². The molecule has 2 heterocycles. The maximum absolute atomic E-state index is 13.9. The van der Waals surface area contributed by atoms with Crippen molar-refractivity contribution >= 4 is 17.7 Å². The van der Waals surface area contributed by atoms with Crippen LogP contribution >= 0.6 is 0 Å². The standard InChI is InChI=1S/C15H15FN2O4/c1-2-22-13-9(16)4-3-8-7-18(15(21)12(8)13)10-5-6-11(19)17-14(10)20/h3-4,10H,2,5-7H2,1H3,(H,17,19,20). The van der Waals surface area contributed by atoms with Gasteiger partial charge in [-0.1, -0.05) is 6.07 Å². The van der Waals surface area contributed by atoms with E-state index in [0.29, 0.717) is 5.56 Å². The number of hydrogen-bond acceptors (Lipinski definition) is 4. The molecule has 2 aliphatic rings. The first-order valence-electron chi connectivity index (χ1n) is 7.11. The van der Waals surface area contributed by atoms with Gasteiger partial charge in [-0.3, -0.25) is 19.7 Å². The Bertz CT molecular complexity index is 674. The van der Waals surface area contributed by atoms with Crippen molar-refractivity contribution < 1.29 is 23.5 Å². The molecule has 0 bridgehead atoms. The van der Waals surface area contributed by atoms with Gasteiger partial charge in [-0.2, -0.15) is 0 Å². The first-order valence-corrected chi connectivity index (χ1v) is 7.11. The fraction of sp³-hybridized carbons (Fsp3) is 0.400. The van der Waals surface area contributed by atoms with Gasteiger partial charge in [0.15, 0.2) is 11.6 Å². The normalized spacial score (nSPS) is 20.9. The van der Waals surface area contributed by atoms with Crippen molar-refractivity contribution in [1.82, 2.24) is 10.2 Å². The molecule has 1 aromatic carbocycles. The second-order valence-corrected chi connectivity index (χ2v) is 5.24. The predicted octanol–water partition coefficient (Wildman–Crippen LogP) is 0.985. The predicted molar refractivity (Wildman–Crippen MR) is 73.6 cm³/mol. The molecule has 0 saturated carbocycles. The lowest BCUT2D eigenvalue weighted by Crippen LogP contribution is -2.52. The third-order valence-corrected chi connectivity index (χ3v) is 3.89. The number of rotatable bonds is 3. The van der Waals surface area contributed by atoms with Crippen LogP contribution < -0.4 is 10.1 Å². The summed E-state index contributed by atoms with van der Waals surface area (Å²) >= 11 is 0. The van der Waals surface area contributed by atoms with E-state index in [4.69, 9.17) is 4.74 Å². The fourth-order valence-electron chi connectivity index (χ4n) is 2.88. The smallest absolute Gasteiger partial charge is 0.259 e. The molecule has 2 aliphatic heterocycles. The zero-order valence-corrected chi connectivity index (χ0v) is 12.0. The number of fused-ring (bicyclic) bond motifs is 1. The number of nitrogens with zero attached hydrogens (tertiary/aromatic N) is 1. The average molecular weight is 306 g/mol. The molecule has 6 nitrogen and oxygen atoms in total. The summed E-state index contributed by atoms with van der Waals surface area (Å²) in [4.78, 5) is 37.1. The third-order valence-electron chi connectivity index (χ3n) is 3.89. The molecule has 3 rings (SSSR count). The lowest BCUT2D eigenvalue weighted by atomic mass is 10.0. The van der Waals surface area contributed by atoms with Gasteiger partial charge in [0, 0.05) is 13.0 Å². The second kappa shape index (κ2) is 5.40. The van der Waals surface area contributed by atoms with Crippen molar-refractivity contribution in [2.45, 2.75) is 32.4 Å². The highest BCUT2D eigenvalue weighted by molar-refractivity contribution is 6.06. The van der Waals surface area contributed by atoms with Crippen molar-refractivity contribution in [2.75, 3.05) is 6.61 Å². The maximum Gasteiger partial charge on any atom is 0.259 e. The SMILES string of the molecule is CCOc1c(F)ccc2c1C(=O)N(C1CCC(=O)NC1=O)C2. The van der Waals surface area contributed by atoms with Crippen LogP contribution in [-0.4, -0.2) is 35.3 Å². The highest BCUT2D eigenvalue weighted by Crippen LogP contribution is 2.35. The summed E-state index contributed by atoms with van der Waals surface area (Å²) in [6.07, 6.45) is 0.458. The Balaban J connectivity index is 1.93. The average Bonchev–Trinajstić information content (AvgIpc) is 2.80. The van der Waals surface area contributed by atoms with E-state index < -0.39 is 23.7 Å². The van der Waals surface area contributed by atoms with E-state index in [1.54, 1.807) is 6.92 Å². The number of carbonyl (C=O) groups is 3. The Hall–Kier alpha value is -2.44. The molecule has 1 atom stereocenters. The summed E-state index contributed by atoms with van der Waals surface area (Å²) in [5, 5.41) is 2.23. The van der Waals surface area contributed by atoms with E-state index in [2.05, 4.69) is 5.32 Å². The molecular weight excluding hydrogens is 291 g/mol. The van der Waals surface area contributed by atoms with E-state index in [1.807, 2.05) is 0 Å². The van der Waals surface area contributed by atoms with Crippen LogP contribution in [0.4, 0.5) is 4.39 Å². The van der Waals surface area contributed by atoms with E-state index in [0.717, 1.165) is 0 Å². The number of halogens is 1. The summed E-state index contributed by atoms with van der Waals surface area (Å²) < 4.78 is 19.1. The molecule has 1 saturated heterocycles. The zero-order chi connectivity index (χ0) is 15.9. The Morgan fingerprint density at radius 3 is 2.82 bits per heavy atom. The van der Waals surface area contributed by atoms with Gasteiger partial charge in [-0.15, -0.1) is 0 Å². The van der Waals surface area contributed by atoms with Crippen LogP contribution in [0.25, 0.3) is 0 Å². The molecule has 1 unspecified atom stereocenters. The van der Waals surface area contributed by atoms with Crippen LogP contribution in [-0.2, 0) is 16.1 Å². The zero-order valence-electron chi connectivity index (χ0n) is 12.0. The Kier molecular flexibility index (Phi) is 3.56. The molecule has 1 N–H and O–H groups in total. The van der Waals surface area contributed by atoms with Gasteiger partial charge in [0.25, 0.3) is 5.91 Å². The molecule has 116 valence electrons. The molecular formula is C15H15FN2O4. The minimum atomic E-state index is -0.713. The lowest BCUT2D eigenvalue weighted by molar-refractivity contribution is -0.136. The van der Waals surface area contributed by atoms with Crippen molar-refractivity contribution in [3.8, 4) is 5.75 Å². The van der Waals surface area contributed by atoms with Crippen LogP contribution in [0.1, 0.15) is 35.7 Å². The first-order chi connectivity index (χ1) is 10.5. The van der Waals surface area contributed by atoms with Gasteiger partial charge in [0.2, 0.25) is 11.8 Å². The van der Waals surface area contributed by atoms with Gasteiger partial charge in [-0.05, 0) is 25.0 Å². The molecule has 22 heavy (non-hydrogen) atoms. The number of nitrogens with one attached hydrogen (secondary N) is 1. The quantitative estimate of drug-likeness (QED) is 0.845. The number of imide groups is 1. The van der Waals surface area contributed by atoms with Crippen molar-refractivity contribution in [3.05, 3.63) is 29.1 Å². The molecule has 0 aromatic heterocycles. The van der Waals surface area contributed by atoms with Crippen LogP contribution in [0.5, 0.6) is 5.75 Å². The summed E-state index contributed by atoms with van der Waals surface area (Å²) in [6, 6.07) is 2.07. The van der Waals surface area contributed by atoms with E-state index in [9.17, 15) is 18.8 Å².